The van der Waals surface area contributed by atoms with Crippen LogP contribution >= 0.6 is 0 Å². The maximum atomic E-state index is 11.6. The van der Waals surface area contributed by atoms with Gasteiger partial charge < -0.3 is 19.7 Å². The summed E-state index contributed by atoms with van der Waals surface area (Å²) in [6, 6.07) is 0. The number of carbonyl (C=O) groups excluding carboxylic acids is 1. The number of ketones is 1. The van der Waals surface area contributed by atoms with Gasteiger partial charge in [-0.2, -0.15) is 0 Å². The van der Waals surface area contributed by atoms with E-state index in [4.69, 9.17) is 4.74 Å². The minimum absolute atomic E-state index is 0.134. The molecule has 172 valence electrons. The lowest BCUT2D eigenvalue weighted by Gasteiger charge is -2.63. The molecule has 0 heterocycles. The van der Waals surface area contributed by atoms with Gasteiger partial charge in [0, 0.05) is 13.5 Å². The summed E-state index contributed by atoms with van der Waals surface area (Å²) in [5.74, 6) is 2.75. The predicted octanol–water partition coefficient (Wildman–Crippen LogP) is 4.61. The molecule has 4 aliphatic carbocycles. The van der Waals surface area contributed by atoms with Crippen molar-refractivity contribution in [2.45, 2.75) is 104 Å². The van der Waals surface area contributed by atoms with Gasteiger partial charge in [-0.25, -0.2) is 0 Å². The number of hydrogen-bond donors (Lipinski definition) is 2. The lowest BCUT2D eigenvalue weighted by Crippen LogP contribution is -2.62. The van der Waals surface area contributed by atoms with Crippen molar-refractivity contribution in [1.82, 2.24) is 0 Å². The summed E-state index contributed by atoms with van der Waals surface area (Å²) in [7, 11) is 1.82. The molecule has 0 aliphatic heterocycles. The molecule has 4 rings (SSSR count). The van der Waals surface area contributed by atoms with Gasteiger partial charge in [0.15, 0.2) is 0 Å². The highest BCUT2D eigenvalue weighted by Gasteiger charge is 2.65. The zero-order chi connectivity index (χ0) is 21.8. The molecule has 4 aliphatic rings. The molecule has 0 radical (unpaired) electrons. The molecule has 2 N–H and O–H groups in total. The van der Waals surface area contributed by atoms with Crippen LogP contribution in [0.4, 0.5) is 0 Å². The van der Waals surface area contributed by atoms with E-state index in [1.54, 1.807) is 6.92 Å². The van der Waals surface area contributed by atoms with Crippen molar-refractivity contribution < 1.29 is 19.7 Å². The Morgan fingerprint density at radius 3 is 2.50 bits per heavy atom. The first-order valence-corrected chi connectivity index (χ1v) is 12.5. The summed E-state index contributed by atoms with van der Waals surface area (Å²) < 4.78 is 5.69. The quantitative estimate of drug-likeness (QED) is 0.682. The summed E-state index contributed by atoms with van der Waals surface area (Å²) in [4.78, 5) is 11.5. The first-order chi connectivity index (χ1) is 14.1. The molecule has 0 aromatic heterocycles. The molecule has 4 heteroatoms. The molecule has 30 heavy (non-hydrogen) atoms. The van der Waals surface area contributed by atoms with Crippen molar-refractivity contribution >= 4 is 5.78 Å². The largest absolute Gasteiger partial charge is 0.393 e. The highest BCUT2D eigenvalue weighted by molar-refractivity contribution is 5.75. The number of carbonyl (C=O) groups is 1. The van der Waals surface area contributed by atoms with E-state index < -0.39 is 0 Å². The molecule has 0 spiro atoms. The molecule has 4 nitrogen and oxygen atoms in total. The predicted molar refractivity (Wildman–Crippen MR) is 118 cm³/mol. The fourth-order valence-corrected chi connectivity index (χ4v) is 8.96. The second kappa shape index (κ2) is 8.15. The van der Waals surface area contributed by atoms with Crippen LogP contribution in [0.1, 0.15) is 85.5 Å². The zero-order valence-electron chi connectivity index (χ0n) is 19.8. The van der Waals surface area contributed by atoms with Crippen LogP contribution in [-0.2, 0) is 9.53 Å². The summed E-state index contributed by atoms with van der Waals surface area (Å²) in [6.07, 6.45) is 8.59. The smallest absolute Gasteiger partial charge is 0.129 e. The van der Waals surface area contributed by atoms with Gasteiger partial charge in [0.25, 0.3) is 0 Å². The van der Waals surface area contributed by atoms with E-state index in [9.17, 15) is 15.0 Å². The molecule has 11 atom stereocenters. The van der Waals surface area contributed by atoms with Crippen LogP contribution in [0.5, 0.6) is 0 Å². The van der Waals surface area contributed by atoms with Crippen molar-refractivity contribution in [3.8, 4) is 0 Å². The van der Waals surface area contributed by atoms with Gasteiger partial charge in [-0.05, 0) is 105 Å². The summed E-state index contributed by atoms with van der Waals surface area (Å²) >= 11 is 0. The highest BCUT2D eigenvalue weighted by atomic mass is 16.5. The SMILES string of the molecule is COC1CCC2(C)C(C1)CC(O)C1C2CC(O)C2(C)C(C(C)CCC(C)=O)CCC12. The average molecular weight is 421 g/mol. The number of fused-ring (bicyclic) bond motifs is 5. The monoisotopic (exact) mass is 420 g/mol. The summed E-state index contributed by atoms with van der Waals surface area (Å²) in [5, 5.41) is 23.0. The number of hydrogen-bond acceptors (Lipinski definition) is 4. The first-order valence-electron chi connectivity index (χ1n) is 12.5. The Bertz CT molecular complexity index is 649. The second-order valence-corrected chi connectivity index (χ2v) is 11.9. The Morgan fingerprint density at radius 1 is 1.10 bits per heavy atom. The fraction of sp³-hybridized carbons (Fsp3) is 0.962. The topological polar surface area (TPSA) is 66.8 Å². The van der Waals surface area contributed by atoms with E-state index in [2.05, 4.69) is 20.8 Å². The van der Waals surface area contributed by atoms with Gasteiger partial charge in [-0.1, -0.05) is 20.8 Å². The molecule has 0 amide bonds. The van der Waals surface area contributed by atoms with Crippen LogP contribution in [-0.4, -0.2) is 41.4 Å². The van der Waals surface area contributed by atoms with Gasteiger partial charge in [0.2, 0.25) is 0 Å². The van der Waals surface area contributed by atoms with Crippen LogP contribution in [0.2, 0.25) is 0 Å². The van der Waals surface area contributed by atoms with Crippen molar-refractivity contribution in [2.24, 2.45) is 46.3 Å². The standard InChI is InChI=1S/C26H44O4/c1-15(6-7-16(2)27)19-8-9-20-24-21(14-23(29)26(19,20)4)25(3)11-10-18(30-5)12-17(25)13-22(24)28/h15,17-24,28-29H,6-14H2,1-5H3. The third-order valence-electron chi connectivity index (χ3n) is 10.8. The number of aliphatic hydroxyl groups is 2. The van der Waals surface area contributed by atoms with E-state index >= 15 is 0 Å². The molecule has 4 saturated carbocycles. The molecule has 0 saturated heterocycles. The van der Waals surface area contributed by atoms with Crippen molar-refractivity contribution in [2.75, 3.05) is 7.11 Å². The van der Waals surface area contributed by atoms with Gasteiger partial charge >= 0.3 is 0 Å². The number of ether oxygens (including phenoxy) is 1. The van der Waals surface area contributed by atoms with Crippen LogP contribution in [0.3, 0.4) is 0 Å². The molecule has 4 fully saturated rings. The Kier molecular flexibility index (Phi) is 6.18. The third-order valence-corrected chi connectivity index (χ3v) is 10.8. The number of methoxy groups -OCH3 is 1. The van der Waals surface area contributed by atoms with Crippen molar-refractivity contribution in [3.05, 3.63) is 0 Å². The van der Waals surface area contributed by atoms with E-state index in [1.807, 2.05) is 7.11 Å². The van der Waals surface area contributed by atoms with Crippen LogP contribution in [0, 0.1) is 46.3 Å². The molecule has 0 aromatic carbocycles. The Morgan fingerprint density at radius 2 is 1.83 bits per heavy atom. The van der Waals surface area contributed by atoms with Gasteiger partial charge in [0.05, 0.1) is 18.3 Å². The van der Waals surface area contributed by atoms with Crippen LogP contribution < -0.4 is 0 Å². The highest BCUT2D eigenvalue weighted by Crippen LogP contribution is 2.68. The first kappa shape index (κ1) is 22.7. The second-order valence-electron chi connectivity index (χ2n) is 11.9. The third kappa shape index (κ3) is 3.40. The molecular formula is C26H44O4. The van der Waals surface area contributed by atoms with E-state index in [0.29, 0.717) is 48.0 Å². The van der Waals surface area contributed by atoms with Crippen LogP contribution in [0.15, 0.2) is 0 Å². The lowest BCUT2D eigenvalue weighted by molar-refractivity contribution is -0.208. The van der Waals surface area contributed by atoms with Crippen LogP contribution in [0.25, 0.3) is 0 Å². The number of rotatable bonds is 5. The fourth-order valence-electron chi connectivity index (χ4n) is 8.96. The minimum Gasteiger partial charge on any atom is -0.393 e. The van der Waals surface area contributed by atoms with Crippen molar-refractivity contribution in [3.63, 3.8) is 0 Å². The summed E-state index contributed by atoms with van der Waals surface area (Å²) in [5.41, 5.74) is 0.0743. The van der Waals surface area contributed by atoms with E-state index in [1.165, 1.54) is 0 Å². The maximum Gasteiger partial charge on any atom is 0.129 e. The van der Waals surface area contributed by atoms with E-state index in [0.717, 1.165) is 51.4 Å². The minimum atomic E-state index is -0.307. The van der Waals surface area contributed by atoms with Gasteiger partial charge in [-0.3, -0.25) is 0 Å². The molecular weight excluding hydrogens is 376 g/mol. The lowest BCUT2D eigenvalue weighted by atomic mass is 9.43. The average Bonchev–Trinajstić information content (AvgIpc) is 3.05. The Labute approximate surface area is 183 Å². The zero-order valence-corrected chi connectivity index (χ0v) is 19.8. The molecule has 0 aromatic rings. The van der Waals surface area contributed by atoms with Gasteiger partial charge in [-0.15, -0.1) is 0 Å². The maximum absolute atomic E-state index is 11.6. The number of Topliss-reactive ketones (excluding diaryl/α,β-unsaturated/α-hetero) is 1. The Balaban J connectivity index is 1.59. The van der Waals surface area contributed by atoms with Crippen molar-refractivity contribution in [1.29, 1.82) is 0 Å². The van der Waals surface area contributed by atoms with Gasteiger partial charge in [0.1, 0.15) is 5.78 Å². The normalized spacial score (nSPS) is 51.6. The molecule has 11 unspecified atom stereocenters. The molecule has 0 bridgehead atoms. The number of aliphatic hydroxyl groups excluding tert-OH is 2. The summed E-state index contributed by atoms with van der Waals surface area (Å²) in [6.45, 7) is 8.72. The Hall–Kier alpha value is -0.450. The van der Waals surface area contributed by atoms with E-state index in [-0.39, 0.29) is 28.8 Å².